The fraction of sp³-hybridized carbons (Fsp3) is 0.345. The van der Waals surface area contributed by atoms with Gasteiger partial charge in [0.2, 0.25) is 0 Å². The van der Waals surface area contributed by atoms with Gasteiger partial charge in [-0.3, -0.25) is 23.7 Å². The molecule has 1 saturated carbocycles. The molecule has 0 atom stereocenters. The maximum Gasteiger partial charge on any atom is 0.333 e. The molecule has 0 radical (unpaired) electrons. The van der Waals surface area contributed by atoms with E-state index in [1.165, 1.54) is 13.1 Å². The van der Waals surface area contributed by atoms with E-state index < -0.39 is 18.0 Å². The third kappa shape index (κ3) is 5.72. The number of para-hydroxylation sites is 2. The van der Waals surface area contributed by atoms with Gasteiger partial charge in [0.25, 0.3) is 18.2 Å². The summed E-state index contributed by atoms with van der Waals surface area (Å²) in [6, 6.07) is 10.2. The van der Waals surface area contributed by atoms with Crippen molar-refractivity contribution < 1.29 is 18.4 Å². The molecule has 1 aliphatic carbocycles. The van der Waals surface area contributed by atoms with E-state index in [9.17, 15) is 23.2 Å². The van der Waals surface area contributed by atoms with Crippen LogP contribution < -0.4 is 16.3 Å². The van der Waals surface area contributed by atoms with E-state index >= 15 is 0 Å². The Kier molecular flexibility index (Phi) is 8.16. The lowest BCUT2D eigenvalue weighted by molar-refractivity contribution is 0.0903. The quantitative estimate of drug-likeness (QED) is 0.324. The van der Waals surface area contributed by atoms with Crippen LogP contribution in [0.1, 0.15) is 64.2 Å². The zero-order valence-corrected chi connectivity index (χ0v) is 23.3. The summed E-state index contributed by atoms with van der Waals surface area (Å²) in [5, 5.41) is 5.52. The molecular formula is C29H29ClF2N6O3. The summed E-state index contributed by atoms with van der Waals surface area (Å²) in [6.07, 6.45) is 2.53. The molecule has 3 heterocycles. The first kappa shape index (κ1) is 28.4. The highest BCUT2D eigenvalue weighted by Crippen LogP contribution is 2.29. The van der Waals surface area contributed by atoms with E-state index in [1.807, 2.05) is 31.2 Å². The predicted molar refractivity (Wildman–Crippen MR) is 151 cm³/mol. The number of halogens is 3. The Morgan fingerprint density at radius 1 is 1.05 bits per heavy atom. The Bertz CT molecular complexity index is 1680. The summed E-state index contributed by atoms with van der Waals surface area (Å²) < 4.78 is 30.1. The van der Waals surface area contributed by atoms with Crippen LogP contribution in [-0.4, -0.2) is 44.0 Å². The highest BCUT2D eigenvalue weighted by atomic mass is 35.5. The molecule has 1 aromatic carbocycles. The molecule has 0 bridgehead atoms. The summed E-state index contributed by atoms with van der Waals surface area (Å²) in [6.45, 7) is 2.32. The Morgan fingerprint density at radius 2 is 1.76 bits per heavy atom. The van der Waals surface area contributed by atoms with Crippen molar-refractivity contribution in [2.45, 2.75) is 51.6 Å². The second-order valence-corrected chi connectivity index (χ2v) is 10.7. The number of aryl methyl sites for hydroxylation is 1. The van der Waals surface area contributed by atoms with Gasteiger partial charge >= 0.3 is 5.69 Å². The number of alkyl halides is 2. The number of amides is 2. The smallest absolute Gasteiger partial charge is 0.333 e. The van der Waals surface area contributed by atoms with Crippen molar-refractivity contribution in [1.82, 2.24) is 29.7 Å². The number of carbonyl (C=O) groups excluding carboxylic acids is 2. The van der Waals surface area contributed by atoms with Crippen LogP contribution in [0.5, 0.6) is 0 Å². The maximum absolute atomic E-state index is 13.8. The highest BCUT2D eigenvalue weighted by Gasteiger charge is 2.27. The van der Waals surface area contributed by atoms with Crippen molar-refractivity contribution in [2.24, 2.45) is 5.92 Å². The van der Waals surface area contributed by atoms with Gasteiger partial charge in [-0.1, -0.05) is 23.7 Å². The molecule has 0 aliphatic heterocycles. The van der Waals surface area contributed by atoms with Gasteiger partial charge in [0.15, 0.2) is 0 Å². The summed E-state index contributed by atoms with van der Waals surface area (Å²) >= 11 is 5.90. The number of nitrogens with one attached hydrogen (secondary N) is 2. The zero-order valence-electron chi connectivity index (χ0n) is 22.5. The van der Waals surface area contributed by atoms with Crippen LogP contribution in [0.2, 0.25) is 5.02 Å². The number of carbonyl (C=O) groups is 2. The van der Waals surface area contributed by atoms with Crippen molar-refractivity contribution in [3.05, 3.63) is 86.8 Å². The van der Waals surface area contributed by atoms with Crippen LogP contribution >= 0.6 is 11.6 Å². The molecule has 1 fully saturated rings. The minimum Gasteiger partial charge on any atom is -0.354 e. The molecule has 3 aromatic heterocycles. The maximum atomic E-state index is 13.8. The molecule has 4 aromatic rings. The zero-order chi connectivity index (χ0) is 29.3. The summed E-state index contributed by atoms with van der Waals surface area (Å²) in [5.41, 5.74) is 2.12. The van der Waals surface area contributed by atoms with Gasteiger partial charge in [0, 0.05) is 25.8 Å². The first-order valence-corrected chi connectivity index (χ1v) is 13.7. The number of nitrogens with zero attached hydrogens (tertiary/aromatic N) is 4. The van der Waals surface area contributed by atoms with Gasteiger partial charge in [-0.25, -0.2) is 18.6 Å². The third-order valence-corrected chi connectivity index (χ3v) is 7.79. The Balaban J connectivity index is 1.33. The molecule has 0 unspecified atom stereocenters. The molecule has 12 heteroatoms. The average Bonchev–Trinajstić information content (AvgIpc) is 3.24. The van der Waals surface area contributed by atoms with Gasteiger partial charge in [0.05, 0.1) is 33.5 Å². The number of benzene rings is 1. The van der Waals surface area contributed by atoms with Crippen LogP contribution in [0.25, 0.3) is 16.7 Å². The van der Waals surface area contributed by atoms with E-state index in [4.69, 9.17) is 11.6 Å². The van der Waals surface area contributed by atoms with Crippen molar-refractivity contribution in [1.29, 1.82) is 0 Å². The van der Waals surface area contributed by atoms with Gasteiger partial charge in [-0.2, -0.15) is 0 Å². The van der Waals surface area contributed by atoms with E-state index in [1.54, 1.807) is 21.4 Å². The van der Waals surface area contributed by atoms with Crippen molar-refractivity contribution in [3.63, 3.8) is 0 Å². The number of pyridine rings is 2. The number of aromatic nitrogens is 4. The van der Waals surface area contributed by atoms with E-state index in [2.05, 4.69) is 20.6 Å². The molecule has 2 N–H and O–H groups in total. The Labute approximate surface area is 239 Å². The SMILES string of the molecule is CNC(=O)c1cc(C)c(-n2c(=O)n(C[C@H]3CC[C@H](NC(=O)c4cc(Cl)cnc4C(F)F)CC3)c3ccccc32)cn1. The van der Waals surface area contributed by atoms with E-state index in [-0.39, 0.29) is 39.8 Å². The normalized spacial score (nSPS) is 17.1. The predicted octanol–water partition coefficient (Wildman–Crippen LogP) is 4.83. The van der Waals surface area contributed by atoms with Crippen molar-refractivity contribution >= 4 is 34.4 Å². The molecule has 1 aliphatic rings. The molecule has 214 valence electrons. The molecule has 9 nitrogen and oxygen atoms in total. The molecule has 0 saturated heterocycles. The third-order valence-electron chi connectivity index (χ3n) is 7.58. The number of imidazole rings is 1. The van der Waals surface area contributed by atoms with Crippen LogP contribution in [0.4, 0.5) is 8.78 Å². The van der Waals surface area contributed by atoms with Crippen LogP contribution in [-0.2, 0) is 6.54 Å². The van der Waals surface area contributed by atoms with Crippen LogP contribution in [0, 0.1) is 12.8 Å². The van der Waals surface area contributed by atoms with Gasteiger partial charge in [0.1, 0.15) is 11.4 Å². The fourth-order valence-corrected chi connectivity index (χ4v) is 5.63. The molecule has 41 heavy (non-hydrogen) atoms. The van der Waals surface area contributed by atoms with Gasteiger partial charge in [-0.15, -0.1) is 0 Å². The molecule has 2 amide bonds. The van der Waals surface area contributed by atoms with Crippen LogP contribution in [0.3, 0.4) is 0 Å². The second-order valence-electron chi connectivity index (χ2n) is 10.2. The first-order chi connectivity index (χ1) is 19.7. The second kappa shape index (κ2) is 11.8. The number of hydrogen-bond acceptors (Lipinski definition) is 5. The molecule has 0 spiro atoms. The average molecular weight is 583 g/mol. The Hall–Kier alpha value is -4.12. The van der Waals surface area contributed by atoms with Crippen molar-refractivity contribution in [2.75, 3.05) is 7.05 Å². The summed E-state index contributed by atoms with van der Waals surface area (Å²) in [5.74, 6) is -0.746. The van der Waals surface area contributed by atoms with E-state index in [0.717, 1.165) is 35.6 Å². The monoisotopic (exact) mass is 582 g/mol. The van der Waals surface area contributed by atoms with Crippen LogP contribution in [0.15, 0.2) is 53.6 Å². The van der Waals surface area contributed by atoms with E-state index in [0.29, 0.717) is 25.1 Å². The standard InChI is InChI=1S/C29H29ClF2N6O3/c1-16-11-21(28(40)33-2)34-14-24(16)38-23-6-4-3-5-22(23)37(29(38)41)15-17-7-9-19(10-8-17)36-27(39)20-12-18(30)13-35-25(20)26(31)32/h3-6,11-14,17,19,26H,7-10,15H2,1-2H3,(H,33,40)(H,36,39)/t17-,19-. The Morgan fingerprint density at radius 3 is 2.41 bits per heavy atom. The topological polar surface area (TPSA) is 111 Å². The number of rotatable bonds is 7. The van der Waals surface area contributed by atoms with Gasteiger partial charge < -0.3 is 10.6 Å². The summed E-state index contributed by atoms with van der Waals surface area (Å²) in [4.78, 5) is 46.4. The first-order valence-electron chi connectivity index (χ1n) is 13.3. The largest absolute Gasteiger partial charge is 0.354 e. The lowest BCUT2D eigenvalue weighted by Gasteiger charge is -2.29. The molecule has 5 rings (SSSR count). The minimum atomic E-state index is -2.89. The lowest BCUT2D eigenvalue weighted by atomic mass is 9.85. The minimum absolute atomic E-state index is 0.112. The fourth-order valence-electron chi connectivity index (χ4n) is 5.47. The molecular weight excluding hydrogens is 554 g/mol. The summed E-state index contributed by atoms with van der Waals surface area (Å²) in [7, 11) is 1.53. The number of hydrogen-bond donors (Lipinski definition) is 2. The number of fused-ring (bicyclic) bond motifs is 1. The van der Waals surface area contributed by atoms with Gasteiger partial charge in [-0.05, 0) is 68.4 Å². The highest BCUT2D eigenvalue weighted by molar-refractivity contribution is 6.30. The van der Waals surface area contributed by atoms with Crippen molar-refractivity contribution in [3.8, 4) is 5.69 Å². The lowest BCUT2D eigenvalue weighted by Crippen LogP contribution is -2.39.